The molecule has 1 aromatic rings. The van der Waals surface area contributed by atoms with E-state index < -0.39 is 22.4 Å². The van der Waals surface area contributed by atoms with Crippen LogP contribution in [0, 0.1) is 5.92 Å². The molecule has 2 fully saturated rings. The summed E-state index contributed by atoms with van der Waals surface area (Å²) in [4.78, 5) is 26.2. The summed E-state index contributed by atoms with van der Waals surface area (Å²) in [6.07, 6.45) is 4.30. The van der Waals surface area contributed by atoms with E-state index >= 15 is 0 Å². The molecule has 2 unspecified atom stereocenters. The predicted octanol–water partition coefficient (Wildman–Crippen LogP) is 2.09. The summed E-state index contributed by atoms with van der Waals surface area (Å²) in [5.41, 5.74) is -0.0756. The van der Waals surface area contributed by atoms with Gasteiger partial charge in [-0.05, 0) is 50.9 Å². The van der Waals surface area contributed by atoms with Crippen LogP contribution in [0.4, 0.5) is 4.79 Å². The van der Waals surface area contributed by atoms with Gasteiger partial charge in [-0.3, -0.25) is 4.90 Å². The Bertz CT molecular complexity index is 841. The number of carbonyl (C=O) groups is 2. The molecule has 0 bridgehead atoms. The van der Waals surface area contributed by atoms with Gasteiger partial charge in [-0.1, -0.05) is 18.6 Å². The highest BCUT2D eigenvalue weighted by Crippen LogP contribution is 2.31. The van der Waals surface area contributed by atoms with E-state index in [-0.39, 0.29) is 23.8 Å². The van der Waals surface area contributed by atoms with Gasteiger partial charge in [0.15, 0.2) is 5.75 Å². The third kappa shape index (κ3) is 5.60. The third-order valence-corrected chi connectivity index (χ3v) is 6.17. The van der Waals surface area contributed by atoms with Crippen LogP contribution in [0.5, 0.6) is 5.75 Å². The Hall–Kier alpha value is -2.33. The standard InChI is InChI=1S/C19H26N2O7S/c1-26-18(22)15-8-2-3-10-17(15)28-29(24,25)20-19(23)27-13-14-7-6-12-21-11-5-4-9-16(14)21/h2-3,8,10,14,16H,4-7,9,11-13H2,1H3,(H,20,23). The lowest BCUT2D eigenvalue weighted by molar-refractivity contribution is 0.0244. The molecule has 0 radical (unpaired) electrons. The van der Waals surface area contributed by atoms with E-state index in [1.165, 1.54) is 37.8 Å². The number of nitrogens with one attached hydrogen (secondary N) is 1. The lowest BCUT2D eigenvalue weighted by atomic mass is 9.84. The molecule has 2 saturated heterocycles. The minimum absolute atomic E-state index is 0.0756. The fourth-order valence-electron chi connectivity index (χ4n) is 4.04. The monoisotopic (exact) mass is 426 g/mol. The Labute approximate surface area is 170 Å². The summed E-state index contributed by atoms with van der Waals surface area (Å²) in [5.74, 6) is -0.809. The quantitative estimate of drug-likeness (QED) is 0.689. The summed E-state index contributed by atoms with van der Waals surface area (Å²) in [6.45, 7) is 2.28. The lowest BCUT2D eigenvalue weighted by Crippen LogP contribution is -2.49. The number of esters is 1. The number of methoxy groups -OCH3 is 1. The van der Waals surface area contributed by atoms with Crippen LogP contribution in [0.25, 0.3) is 0 Å². The molecule has 0 spiro atoms. The van der Waals surface area contributed by atoms with Crippen LogP contribution in [0.1, 0.15) is 42.5 Å². The fourth-order valence-corrected chi connectivity index (χ4v) is 4.73. The van der Waals surface area contributed by atoms with Crippen molar-refractivity contribution in [2.75, 3.05) is 26.8 Å². The molecule has 160 valence electrons. The first kappa shape index (κ1) is 21.4. The summed E-state index contributed by atoms with van der Waals surface area (Å²) in [6, 6.07) is 6.05. The molecular weight excluding hydrogens is 400 g/mol. The van der Waals surface area contributed by atoms with Gasteiger partial charge in [0.1, 0.15) is 5.56 Å². The Morgan fingerprint density at radius 1 is 1.14 bits per heavy atom. The first-order valence-electron chi connectivity index (χ1n) is 9.70. The minimum Gasteiger partial charge on any atom is -0.465 e. The highest BCUT2D eigenvalue weighted by molar-refractivity contribution is 7.85. The number of ether oxygens (including phenoxy) is 2. The van der Waals surface area contributed by atoms with E-state index in [9.17, 15) is 18.0 Å². The zero-order valence-electron chi connectivity index (χ0n) is 16.3. The molecule has 10 heteroatoms. The van der Waals surface area contributed by atoms with Crippen molar-refractivity contribution in [1.29, 1.82) is 0 Å². The summed E-state index contributed by atoms with van der Waals surface area (Å²) < 4.78 is 40.7. The average Bonchev–Trinajstić information content (AvgIpc) is 2.71. The highest BCUT2D eigenvalue weighted by atomic mass is 32.2. The molecule has 2 aliphatic rings. The van der Waals surface area contributed by atoms with Crippen LogP contribution >= 0.6 is 0 Å². The van der Waals surface area contributed by atoms with Crippen molar-refractivity contribution in [2.45, 2.75) is 38.1 Å². The first-order chi connectivity index (χ1) is 13.9. The van der Waals surface area contributed by atoms with E-state index in [1.807, 2.05) is 0 Å². The van der Waals surface area contributed by atoms with Crippen LogP contribution in [-0.2, 0) is 19.8 Å². The molecular formula is C19H26N2O7S. The smallest absolute Gasteiger partial charge is 0.423 e. The molecule has 0 aromatic heterocycles. The maximum absolute atomic E-state index is 12.2. The van der Waals surface area contributed by atoms with Crippen LogP contribution in [0.2, 0.25) is 0 Å². The molecule has 2 aliphatic heterocycles. The molecule has 0 aliphatic carbocycles. The van der Waals surface area contributed by atoms with Gasteiger partial charge in [0.2, 0.25) is 0 Å². The van der Waals surface area contributed by atoms with E-state index in [0.29, 0.717) is 6.04 Å². The normalized spacial score (nSPS) is 22.2. The minimum atomic E-state index is -4.52. The maximum atomic E-state index is 12.2. The van der Waals surface area contributed by atoms with Gasteiger partial charge in [-0.25, -0.2) is 9.59 Å². The number of rotatable bonds is 6. The number of piperidine rings is 2. The van der Waals surface area contributed by atoms with Crippen LogP contribution in [-0.4, -0.2) is 58.2 Å². The van der Waals surface area contributed by atoms with Gasteiger partial charge >= 0.3 is 22.4 Å². The van der Waals surface area contributed by atoms with Crippen molar-refractivity contribution in [1.82, 2.24) is 9.62 Å². The largest absolute Gasteiger partial charge is 0.465 e. The van der Waals surface area contributed by atoms with Crippen molar-refractivity contribution in [3.63, 3.8) is 0 Å². The van der Waals surface area contributed by atoms with Gasteiger partial charge in [0.05, 0.1) is 13.7 Å². The van der Waals surface area contributed by atoms with Crippen molar-refractivity contribution < 1.29 is 31.7 Å². The number of nitrogens with zero attached hydrogens (tertiary/aromatic N) is 1. The predicted molar refractivity (Wildman–Crippen MR) is 104 cm³/mol. The summed E-state index contributed by atoms with van der Waals surface area (Å²) in [5, 5.41) is 0. The summed E-state index contributed by atoms with van der Waals surface area (Å²) >= 11 is 0. The molecule has 1 N–H and O–H groups in total. The van der Waals surface area contributed by atoms with E-state index in [4.69, 9.17) is 8.92 Å². The molecule has 2 heterocycles. The Morgan fingerprint density at radius 3 is 2.69 bits per heavy atom. The Morgan fingerprint density at radius 2 is 1.90 bits per heavy atom. The molecule has 3 rings (SSSR count). The van der Waals surface area contributed by atoms with Gasteiger partial charge in [0, 0.05) is 12.0 Å². The first-order valence-corrected chi connectivity index (χ1v) is 11.1. The number of para-hydroxylation sites is 1. The molecule has 2 atom stereocenters. The van der Waals surface area contributed by atoms with Crippen molar-refractivity contribution in [3.8, 4) is 5.75 Å². The number of benzene rings is 1. The summed E-state index contributed by atoms with van der Waals surface area (Å²) in [7, 11) is -3.35. The van der Waals surface area contributed by atoms with Gasteiger partial charge in [0.25, 0.3) is 0 Å². The second-order valence-electron chi connectivity index (χ2n) is 7.23. The number of hydrogen-bond donors (Lipinski definition) is 1. The second kappa shape index (κ2) is 9.45. The van der Waals surface area contributed by atoms with Crippen molar-refractivity contribution in [3.05, 3.63) is 29.8 Å². The van der Waals surface area contributed by atoms with Crippen molar-refractivity contribution >= 4 is 22.4 Å². The molecule has 1 aromatic carbocycles. The number of fused-ring (bicyclic) bond motifs is 1. The van der Waals surface area contributed by atoms with Crippen LogP contribution < -0.4 is 8.91 Å². The Kier molecular flexibility index (Phi) is 6.96. The van der Waals surface area contributed by atoms with Gasteiger partial charge < -0.3 is 13.7 Å². The number of hydrogen-bond acceptors (Lipinski definition) is 8. The van der Waals surface area contributed by atoms with Crippen LogP contribution in [0.15, 0.2) is 24.3 Å². The van der Waals surface area contributed by atoms with Crippen molar-refractivity contribution in [2.24, 2.45) is 5.92 Å². The maximum Gasteiger partial charge on any atom is 0.423 e. The van der Waals surface area contributed by atoms with E-state index in [1.54, 1.807) is 4.72 Å². The topological polar surface area (TPSA) is 111 Å². The fraction of sp³-hybridized carbons (Fsp3) is 0.579. The molecule has 0 saturated carbocycles. The second-order valence-corrected chi connectivity index (χ2v) is 8.51. The third-order valence-electron chi connectivity index (χ3n) is 5.36. The molecule has 29 heavy (non-hydrogen) atoms. The highest BCUT2D eigenvalue weighted by Gasteiger charge is 2.34. The molecule has 1 amide bonds. The number of carbonyl (C=O) groups excluding carboxylic acids is 2. The van der Waals surface area contributed by atoms with Gasteiger partial charge in [-0.15, -0.1) is 0 Å². The van der Waals surface area contributed by atoms with E-state index in [2.05, 4.69) is 9.64 Å². The average molecular weight is 426 g/mol. The SMILES string of the molecule is COC(=O)c1ccccc1OS(=O)(=O)NC(=O)OCC1CCCN2CCCCC12. The lowest BCUT2D eigenvalue weighted by Gasteiger charge is -2.44. The zero-order valence-corrected chi connectivity index (χ0v) is 17.2. The van der Waals surface area contributed by atoms with Crippen LogP contribution in [0.3, 0.4) is 0 Å². The van der Waals surface area contributed by atoms with Gasteiger partial charge in [-0.2, -0.15) is 13.1 Å². The Balaban J connectivity index is 1.55. The molecule has 9 nitrogen and oxygen atoms in total. The van der Waals surface area contributed by atoms with E-state index in [0.717, 1.165) is 38.8 Å². The zero-order chi connectivity index (χ0) is 20.9. The number of amides is 1.